The van der Waals surface area contributed by atoms with E-state index in [1.165, 1.54) is 0 Å². The summed E-state index contributed by atoms with van der Waals surface area (Å²) in [6.45, 7) is 0.653. The Hall–Kier alpha value is -2.14. The zero-order valence-electron chi connectivity index (χ0n) is 9.86. The van der Waals surface area contributed by atoms with Crippen molar-refractivity contribution in [2.45, 2.75) is 19.0 Å². The van der Waals surface area contributed by atoms with Gasteiger partial charge in [0.1, 0.15) is 0 Å². The molecule has 1 aromatic carbocycles. The molecule has 2 rings (SSSR count). The minimum atomic E-state index is -0.904. The van der Waals surface area contributed by atoms with Gasteiger partial charge in [0.15, 0.2) is 0 Å². The molecule has 0 aliphatic heterocycles. The Kier molecular flexibility index (Phi) is 3.74. The summed E-state index contributed by atoms with van der Waals surface area (Å²) >= 11 is 0. The van der Waals surface area contributed by atoms with Crippen molar-refractivity contribution in [1.29, 1.82) is 0 Å². The molecule has 5 nitrogen and oxygen atoms in total. The number of carbonyl (C=O) groups is 1. The van der Waals surface area contributed by atoms with Crippen LogP contribution in [0.1, 0.15) is 23.6 Å². The summed E-state index contributed by atoms with van der Waals surface area (Å²) in [6, 6.07) is 9.41. The van der Waals surface area contributed by atoms with E-state index in [1.807, 2.05) is 30.3 Å². The van der Waals surface area contributed by atoms with E-state index in [4.69, 9.17) is 10.8 Å². The van der Waals surface area contributed by atoms with Crippen molar-refractivity contribution >= 4 is 5.97 Å². The molecule has 0 saturated heterocycles. The molecule has 0 radical (unpaired) electrons. The number of rotatable bonds is 5. The van der Waals surface area contributed by atoms with Gasteiger partial charge in [-0.05, 0) is 5.56 Å². The molecule has 0 fully saturated rings. The van der Waals surface area contributed by atoms with Crippen LogP contribution in [0.2, 0.25) is 0 Å². The van der Waals surface area contributed by atoms with E-state index < -0.39 is 12.0 Å². The number of aromatic nitrogens is 2. The zero-order chi connectivity index (χ0) is 13.0. The van der Waals surface area contributed by atoms with Crippen LogP contribution in [-0.2, 0) is 11.3 Å². The van der Waals surface area contributed by atoms with Gasteiger partial charge < -0.3 is 10.8 Å². The van der Waals surface area contributed by atoms with E-state index in [0.29, 0.717) is 6.54 Å². The van der Waals surface area contributed by atoms with Gasteiger partial charge in [-0.2, -0.15) is 5.10 Å². The lowest BCUT2D eigenvalue weighted by molar-refractivity contribution is -0.137. The Labute approximate surface area is 105 Å². The van der Waals surface area contributed by atoms with Gasteiger partial charge in [-0.1, -0.05) is 30.3 Å². The molecule has 0 bridgehead atoms. The van der Waals surface area contributed by atoms with Crippen LogP contribution in [0.5, 0.6) is 0 Å². The van der Waals surface area contributed by atoms with Crippen LogP contribution in [0.15, 0.2) is 42.7 Å². The summed E-state index contributed by atoms with van der Waals surface area (Å²) in [6.07, 6.45) is 3.33. The van der Waals surface area contributed by atoms with Crippen molar-refractivity contribution in [3.63, 3.8) is 0 Å². The molecule has 2 aromatic rings. The zero-order valence-corrected chi connectivity index (χ0v) is 9.86. The monoisotopic (exact) mass is 245 g/mol. The normalized spacial score (nSPS) is 12.3. The molecule has 3 N–H and O–H groups in total. The minimum Gasteiger partial charge on any atom is -0.481 e. The molecule has 0 amide bonds. The predicted octanol–water partition coefficient (Wildman–Crippen LogP) is 1.41. The largest absolute Gasteiger partial charge is 0.481 e. The fourth-order valence-electron chi connectivity index (χ4n) is 1.73. The van der Waals surface area contributed by atoms with E-state index in [0.717, 1.165) is 11.1 Å². The highest BCUT2D eigenvalue weighted by molar-refractivity contribution is 5.67. The van der Waals surface area contributed by atoms with Gasteiger partial charge in [-0.25, -0.2) is 0 Å². The number of hydrogen-bond donors (Lipinski definition) is 2. The van der Waals surface area contributed by atoms with Crippen LogP contribution < -0.4 is 5.73 Å². The predicted molar refractivity (Wildman–Crippen MR) is 67.0 cm³/mol. The highest BCUT2D eigenvalue weighted by atomic mass is 16.4. The molecule has 0 spiro atoms. The van der Waals surface area contributed by atoms with Crippen molar-refractivity contribution < 1.29 is 9.90 Å². The quantitative estimate of drug-likeness (QED) is 0.834. The second kappa shape index (κ2) is 5.46. The summed E-state index contributed by atoms with van der Waals surface area (Å²) in [5, 5.41) is 12.9. The summed E-state index contributed by atoms with van der Waals surface area (Å²) < 4.78 is 1.76. The Morgan fingerprint density at radius 3 is 2.78 bits per heavy atom. The molecule has 5 heteroatoms. The minimum absolute atomic E-state index is 0.0863. The van der Waals surface area contributed by atoms with Crippen molar-refractivity contribution in [3.8, 4) is 0 Å². The average Bonchev–Trinajstić information content (AvgIpc) is 2.78. The Morgan fingerprint density at radius 1 is 1.39 bits per heavy atom. The third kappa shape index (κ3) is 3.18. The van der Waals surface area contributed by atoms with Crippen LogP contribution in [0, 0.1) is 0 Å². The maximum Gasteiger partial charge on any atom is 0.305 e. The van der Waals surface area contributed by atoms with Crippen LogP contribution in [0.3, 0.4) is 0 Å². The van der Waals surface area contributed by atoms with Crippen LogP contribution >= 0.6 is 0 Å². The highest BCUT2D eigenvalue weighted by Crippen LogP contribution is 2.13. The van der Waals surface area contributed by atoms with Crippen molar-refractivity contribution in [2.75, 3.05) is 0 Å². The molecule has 0 saturated carbocycles. The third-order valence-electron chi connectivity index (χ3n) is 2.66. The van der Waals surface area contributed by atoms with Gasteiger partial charge in [0.25, 0.3) is 0 Å². The van der Waals surface area contributed by atoms with E-state index >= 15 is 0 Å². The number of carboxylic acids is 1. The van der Waals surface area contributed by atoms with E-state index in [2.05, 4.69) is 5.10 Å². The number of nitrogens with zero attached hydrogens (tertiary/aromatic N) is 2. The van der Waals surface area contributed by atoms with E-state index in [1.54, 1.807) is 17.1 Å². The first-order valence-electron chi connectivity index (χ1n) is 5.69. The first-order valence-corrected chi connectivity index (χ1v) is 5.69. The topological polar surface area (TPSA) is 81.1 Å². The molecule has 1 atom stereocenters. The summed E-state index contributed by atoms with van der Waals surface area (Å²) in [7, 11) is 0. The molecule has 0 aliphatic carbocycles. The number of benzene rings is 1. The Balaban J connectivity index is 2.04. The lowest BCUT2D eigenvalue weighted by atomic mass is 10.1. The third-order valence-corrected chi connectivity index (χ3v) is 2.66. The molecule has 1 aromatic heterocycles. The fraction of sp³-hybridized carbons (Fsp3) is 0.231. The van der Waals surface area contributed by atoms with E-state index in [9.17, 15) is 4.79 Å². The lowest BCUT2D eigenvalue weighted by Crippen LogP contribution is -2.14. The maximum absolute atomic E-state index is 10.6. The molecule has 0 unspecified atom stereocenters. The number of aliphatic carboxylic acids is 1. The summed E-state index contributed by atoms with van der Waals surface area (Å²) in [5.74, 6) is -0.904. The standard InChI is InChI=1S/C13H15N3O2/c14-12(6-13(17)18)11-7-15-16(9-11)8-10-4-2-1-3-5-10/h1-5,7,9,12H,6,8,14H2,(H,17,18)/t12-/m0/s1. The van der Waals surface area contributed by atoms with Gasteiger partial charge in [0, 0.05) is 17.8 Å². The van der Waals surface area contributed by atoms with Crippen molar-refractivity contribution in [1.82, 2.24) is 9.78 Å². The SMILES string of the molecule is N[C@@H](CC(=O)O)c1cnn(Cc2ccccc2)c1. The van der Waals surface area contributed by atoms with Gasteiger partial charge in [0.05, 0.1) is 19.2 Å². The highest BCUT2D eigenvalue weighted by Gasteiger charge is 2.12. The summed E-state index contributed by atoms with van der Waals surface area (Å²) in [4.78, 5) is 10.6. The molecule has 18 heavy (non-hydrogen) atoms. The molecule has 94 valence electrons. The Bertz CT molecular complexity index is 522. The summed E-state index contributed by atoms with van der Waals surface area (Å²) in [5.41, 5.74) is 7.65. The number of nitrogens with two attached hydrogens (primary N) is 1. The second-order valence-electron chi connectivity index (χ2n) is 4.16. The fourth-order valence-corrected chi connectivity index (χ4v) is 1.73. The van der Waals surface area contributed by atoms with Crippen LogP contribution in [-0.4, -0.2) is 20.9 Å². The number of carboxylic acid groups (broad SMARTS) is 1. The van der Waals surface area contributed by atoms with Crippen LogP contribution in [0.4, 0.5) is 0 Å². The smallest absolute Gasteiger partial charge is 0.305 e. The average molecular weight is 245 g/mol. The van der Waals surface area contributed by atoms with Gasteiger partial charge in [0.2, 0.25) is 0 Å². The van der Waals surface area contributed by atoms with Gasteiger partial charge in [-0.3, -0.25) is 9.48 Å². The van der Waals surface area contributed by atoms with Crippen molar-refractivity contribution in [3.05, 3.63) is 53.9 Å². The molecule has 1 heterocycles. The van der Waals surface area contributed by atoms with Crippen molar-refractivity contribution in [2.24, 2.45) is 5.73 Å². The first-order chi connectivity index (χ1) is 8.65. The Morgan fingerprint density at radius 2 is 2.11 bits per heavy atom. The second-order valence-corrected chi connectivity index (χ2v) is 4.16. The lowest BCUT2D eigenvalue weighted by Gasteiger charge is -2.05. The van der Waals surface area contributed by atoms with Crippen LogP contribution in [0.25, 0.3) is 0 Å². The first kappa shape index (κ1) is 12.3. The molecular weight excluding hydrogens is 230 g/mol. The maximum atomic E-state index is 10.6. The van der Waals surface area contributed by atoms with Gasteiger partial charge >= 0.3 is 5.97 Å². The molecular formula is C13H15N3O2. The molecule has 0 aliphatic rings. The van der Waals surface area contributed by atoms with E-state index in [-0.39, 0.29) is 6.42 Å². The van der Waals surface area contributed by atoms with Gasteiger partial charge in [-0.15, -0.1) is 0 Å². The number of hydrogen-bond acceptors (Lipinski definition) is 3.